The van der Waals surface area contributed by atoms with Crippen LogP contribution in [-0.4, -0.2) is 32.3 Å². The first-order valence-electron chi connectivity index (χ1n) is 6.68. The minimum absolute atomic E-state index is 0.158. The Balaban J connectivity index is 1.78. The minimum atomic E-state index is -0.344. The van der Waals surface area contributed by atoms with Crippen molar-refractivity contribution in [3.8, 4) is 0 Å². The summed E-state index contributed by atoms with van der Waals surface area (Å²) < 4.78 is 7.54. The summed E-state index contributed by atoms with van der Waals surface area (Å²) >= 11 is 6.06. The van der Waals surface area contributed by atoms with Crippen LogP contribution in [0.1, 0.15) is 24.0 Å². The van der Waals surface area contributed by atoms with Crippen LogP contribution in [0.3, 0.4) is 0 Å². The first-order valence-corrected chi connectivity index (χ1v) is 7.06. The maximum atomic E-state index is 12.5. The van der Waals surface area contributed by atoms with Crippen LogP contribution in [0.2, 0.25) is 5.02 Å². The first kappa shape index (κ1) is 14.1. The number of aromatic amines is 1. The van der Waals surface area contributed by atoms with Gasteiger partial charge in [0, 0.05) is 26.0 Å². The van der Waals surface area contributed by atoms with Gasteiger partial charge < -0.3 is 14.6 Å². The zero-order valence-electron chi connectivity index (χ0n) is 11.8. The van der Waals surface area contributed by atoms with E-state index >= 15 is 0 Å². The van der Waals surface area contributed by atoms with Crippen molar-refractivity contribution in [1.82, 2.24) is 19.7 Å². The number of halogens is 1. The molecule has 0 spiro atoms. The summed E-state index contributed by atoms with van der Waals surface area (Å²) in [5, 5.41) is 9.90. The van der Waals surface area contributed by atoms with Crippen molar-refractivity contribution >= 4 is 23.3 Å². The fourth-order valence-corrected chi connectivity index (χ4v) is 2.60. The van der Waals surface area contributed by atoms with E-state index < -0.39 is 0 Å². The summed E-state index contributed by atoms with van der Waals surface area (Å²) in [4.78, 5) is 16.7. The van der Waals surface area contributed by atoms with Crippen molar-refractivity contribution in [3.63, 3.8) is 0 Å². The molecule has 1 aliphatic rings. The molecule has 0 radical (unpaired) electrons. The topological polar surface area (TPSA) is 84.8 Å². The molecule has 0 aliphatic carbocycles. The van der Waals surface area contributed by atoms with Crippen molar-refractivity contribution < 1.29 is 9.53 Å². The van der Waals surface area contributed by atoms with Crippen LogP contribution < -0.4 is 5.32 Å². The Morgan fingerprint density at radius 1 is 1.62 bits per heavy atom. The highest BCUT2D eigenvalue weighted by molar-refractivity contribution is 6.34. The van der Waals surface area contributed by atoms with Crippen molar-refractivity contribution in [2.75, 3.05) is 11.9 Å². The quantitative estimate of drug-likeness (QED) is 0.905. The Kier molecular flexibility index (Phi) is 3.69. The molecule has 0 saturated carbocycles. The van der Waals surface area contributed by atoms with Gasteiger partial charge in [0.05, 0.1) is 11.6 Å². The van der Waals surface area contributed by atoms with E-state index in [2.05, 4.69) is 20.5 Å². The molecule has 2 aromatic heterocycles. The smallest absolute Gasteiger partial charge is 0.231 e. The van der Waals surface area contributed by atoms with Crippen LogP contribution in [0.15, 0.2) is 12.4 Å². The Morgan fingerprint density at radius 2 is 2.43 bits per heavy atom. The number of nitrogens with zero attached hydrogens (tertiary/aromatic N) is 3. The normalized spacial score (nSPS) is 21.7. The number of amides is 1. The van der Waals surface area contributed by atoms with E-state index in [-0.39, 0.29) is 17.9 Å². The summed E-state index contributed by atoms with van der Waals surface area (Å²) in [7, 11) is 1.88. The third-order valence-electron chi connectivity index (χ3n) is 3.66. The summed E-state index contributed by atoms with van der Waals surface area (Å²) in [5.41, 5.74) is 0.718. The number of hydrogen-bond acceptors (Lipinski definition) is 4. The average Bonchev–Trinajstić information content (AvgIpc) is 3.15. The number of H-pyrrole nitrogens is 1. The summed E-state index contributed by atoms with van der Waals surface area (Å²) in [5.74, 6) is 0.634. The monoisotopic (exact) mass is 309 g/mol. The zero-order chi connectivity index (χ0) is 15.0. The first-order chi connectivity index (χ1) is 10.1. The van der Waals surface area contributed by atoms with E-state index in [1.165, 1.54) is 0 Å². The number of imidazole rings is 1. The molecule has 112 valence electrons. The third-order valence-corrected chi connectivity index (χ3v) is 4.12. The molecule has 1 amide bonds. The molecule has 3 heterocycles. The molecule has 21 heavy (non-hydrogen) atoms. The lowest BCUT2D eigenvalue weighted by Crippen LogP contribution is -2.27. The van der Waals surface area contributed by atoms with Gasteiger partial charge in [-0.3, -0.25) is 9.89 Å². The number of hydrogen-bond donors (Lipinski definition) is 2. The highest BCUT2D eigenvalue weighted by atomic mass is 35.5. The fourth-order valence-electron chi connectivity index (χ4n) is 2.47. The number of anilines is 1. The molecular formula is C13H16ClN5O2. The Hall–Kier alpha value is -1.86. The molecule has 2 atom stereocenters. The van der Waals surface area contributed by atoms with E-state index in [1.54, 1.807) is 13.1 Å². The average molecular weight is 310 g/mol. The standard InChI is InChI=1S/C13H16ClN5O2/c1-7-9(14)11(18-17-7)16-13(20)8-3-6-21-10(8)12-15-4-5-19(12)2/h4-5,8,10H,3,6H2,1-2H3,(H2,16,17,18,20)/t8-,10-/m1/s1. The summed E-state index contributed by atoms with van der Waals surface area (Å²) in [6.45, 7) is 2.32. The Labute approximate surface area is 126 Å². The highest BCUT2D eigenvalue weighted by Crippen LogP contribution is 2.34. The summed E-state index contributed by atoms with van der Waals surface area (Å²) in [6, 6.07) is 0. The predicted molar refractivity (Wildman–Crippen MR) is 77.0 cm³/mol. The molecule has 2 N–H and O–H groups in total. The van der Waals surface area contributed by atoms with E-state index in [0.29, 0.717) is 23.9 Å². The zero-order valence-corrected chi connectivity index (χ0v) is 12.5. The lowest BCUT2D eigenvalue weighted by Gasteiger charge is -2.17. The van der Waals surface area contributed by atoms with Gasteiger partial charge in [-0.05, 0) is 13.3 Å². The van der Waals surface area contributed by atoms with Gasteiger partial charge in [-0.25, -0.2) is 4.98 Å². The van der Waals surface area contributed by atoms with Crippen molar-refractivity contribution in [3.05, 3.63) is 28.9 Å². The molecule has 7 nitrogen and oxygen atoms in total. The second kappa shape index (κ2) is 5.50. The molecule has 8 heteroatoms. The Morgan fingerprint density at radius 3 is 3.05 bits per heavy atom. The number of rotatable bonds is 3. The van der Waals surface area contributed by atoms with Gasteiger partial charge in [-0.15, -0.1) is 0 Å². The van der Waals surface area contributed by atoms with Crippen molar-refractivity contribution in [1.29, 1.82) is 0 Å². The predicted octanol–water partition coefficient (Wildman–Crippen LogP) is 1.82. The van der Waals surface area contributed by atoms with Gasteiger partial charge in [0.1, 0.15) is 17.0 Å². The highest BCUT2D eigenvalue weighted by Gasteiger charge is 2.37. The number of ether oxygens (including phenoxy) is 1. The van der Waals surface area contributed by atoms with E-state index in [4.69, 9.17) is 16.3 Å². The second-order valence-electron chi connectivity index (χ2n) is 5.08. The number of aromatic nitrogens is 4. The number of carbonyl (C=O) groups excluding carboxylic acids is 1. The van der Waals surface area contributed by atoms with Gasteiger partial charge in [0.15, 0.2) is 5.82 Å². The minimum Gasteiger partial charge on any atom is -0.369 e. The maximum absolute atomic E-state index is 12.5. The molecule has 1 fully saturated rings. The van der Waals surface area contributed by atoms with Crippen LogP contribution in [0, 0.1) is 12.8 Å². The van der Waals surface area contributed by atoms with Gasteiger partial charge in [0.2, 0.25) is 5.91 Å². The van der Waals surface area contributed by atoms with Crippen LogP contribution in [0.4, 0.5) is 5.82 Å². The third kappa shape index (κ3) is 2.54. The lowest BCUT2D eigenvalue weighted by atomic mass is 10.00. The van der Waals surface area contributed by atoms with E-state index in [1.807, 2.05) is 17.8 Å². The molecule has 0 bridgehead atoms. The second-order valence-corrected chi connectivity index (χ2v) is 5.46. The summed E-state index contributed by atoms with van der Waals surface area (Å²) in [6.07, 6.45) is 3.83. The lowest BCUT2D eigenvalue weighted by molar-refractivity contribution is -0.121. The molecule has 1 saturated heterocycles. The van der Waals surface area contributed by atoms with Gasteiger partial charge >= 0.3 is 0 Å². The van der Waals surface area contributed by atoms with Crippen LogP contribution in [0.5, 0.6) is 0 Å². The molecule has 2 aromatic rings. The van der Waals surface area contributed by atoms with Crippen molar-refractivity contribution in [2.45, 2.75) is 19.4 Å². The van der Waals surface area contributed by atoms with Gasteiger partial charge in [-0.2, -0.15) is 5.10 Å². The largest absolute Gasteiger partial charge is 0.369 e. The molecule has 1 aliphatic heterocycles. The number of nitrogens with one attached hydrogen (secondary N) is 2. The van der Waals surface area contributed by atoms with Crippen LogP contribution >= 0.6 is 11.6 Å². The fraction of sp³-hybridized carbons (Fsp3) is 0.462. The SMILES string of the molecule is Cc1[nH]nc(NC(=O)[C@@H]2CCO[C@H]2c2nccn2C)c1Cl. The Bertz CT molecular complexity index is 665. The van der Waals surface area contributed by atoms with Gasteiger partial charge in [0.25, 0.3) is 0 Å². The van der Waals surface area contributed by atoms with Crippen molar-refractivity contribution in [2.24, 2.45) is 13.0 Å². The number of aryl methyl sites for hydroxylation is 2. The molecule has 0 aromatic carbocycles. The van der Waals surface area contributed by atoms with Crippen LogP contribution in [-0.2, 0) is 16.6 Å². The van der Waals surface area contributed by atoms with Crippen LogP contribution in [0.25, 0.3) is 0 Å². The number of carbonyl (C=O) groups is 1. The van der Waals surface area contributed by atoms with E-state index in [0.717, 1.165) is 11.5 Å². The van der Waals surface area contributed by atoms with E-state index in [9.17, 15) is 4.79 Å². The van der Waals surface area contributed by atoms with Gasteiger partial charge in [-0.1, -0.05) is 11.6 Å². The maximum Gasteiger partial charge on any atom is 0.231 e. The molecule has 0 unspecified atom stereocenters. The molecule has 3 rings (SSSR count). The molecular weight excluding hydrogens is 294 g/mol.